The van der Waals surface area contributed by atoms with Crippen molar-refractivity contribution in [2.75, 3.05) is 13.1 Å². The van der Waals surface area contributed by atoms with Gasteiger partial charge in [-0.15, -0.1) is 0 Å². The van der Waals surface area contributed by atoms with E-state index < -0.39 is 73.1 Å². The summed E-state index contributed by atoms with van der Waals surface area (Å²) in [5.41, 5.74) is 0.760. The van der Waals surface area contributed by atoms with Crippen LogP contribution in [0.4, 0.5) is 57.1 Å². The molecule has 0 bridgehead atoms. The van der Waals surface area contributed by atoms with E-state index in [2.05, 4.69) is 5.32 Å². The van der Waals surface area contributed by atoms with Crippen molar-refractivity contribution in [2.45, 2.75) is 99.8 Å². The smallest absolute Gasteiger partial charge is 0.355 e. The first-order valence-corrected chi connectivity index (χ1v) is 10.1. The number of hydrogen-bond acceptors (Lipinski definition) is 3. The molecule has 0 aliphatic heterocycles. The van der Waals surface area contributed by atoms with Gasteiger partial charge < -0.3 is 16.2 Å². The summed E-state index contributed by atoms with van der Waals surface area (Å²) in [6, 6.07) is -0.750. The number of nitrogens with two attached hydrogens (primary N) is 1. The first kappa shape index (κ1) is 33.0. The van der Waals surface area contributed by atoms with Crippen molar-refractivity contribution in [2.24, 2.45) is 5.73 Å². The molecule has 34 heavy (non-hydrogen) atoms. The van der Waals surface area contributed by atoms with Gasteiger partial charge in [0.25, 0.3) is 0 Å². The number of rotatable bonds is 15. The molecule has 3 unspecified atom stereocenters. The highest BCUT2D eigenvalue weighted by molar-refractivity contribution is 5.10. The third-order valence-corrected chi connectivity index (χ3v) is 5.28. The molecule has 0 heterocycles. The third-order valence-electron chi connectivity index (χ3n) is 5.28. The van der Waals surface area contributed by atoms with Crippen LogP contribution < -0.4 is 11.1 Å². The Labute approximate surface area is 187 Å². The normalized spacial score (nSPS) is 19.0. The second kappa shape index (κ2) is 10.9. The number of alkyl halides is 13. The highest BCUT2D eigenvalue weighted by Gasteiger charge is 2.84. The lowest BCUT2D eigenvalue weighted by Crippen LogP contribution is -2.67. The van der Waals surface area contributed by atoms with E-state index in [0.29, 0.717) is 6.42 Å². The molecule has 0 spiro atoms. The van der Waals surface area contributed by atoms with Gasteiger partial charge in [0.05, 0.1) is 0 Å². The Kier molecular flexibility index (Phi) is 10.6. The Hall–Kier alpha value is -1.03. The van der Waals surface area contributed by atoms with Gasteiger partial charge in [-0.3, -0.25) is 0 Å². The van der Waals surface area contributed by atoms with Crippen molar-refractivity contribution < 1.29 is 62.2 Å². The molecule has 0 aromatic heterocycles. The molecule has 0 aromatic rings. The van der Waals surface area contributed by atoms with Crippen LogP contribution in [0.2, 0.25) is 0 Å². The fourth-order valence-corrected chi connectivity index (χ4v) is 2.96. The topological polar surface area (TPSA) is 58.3 Å². The lowest BCUT2D eigenvalue weighted by atomic mass is 9.83. The maximum absolute atomic E-state index is 14.6. The zero-order valence-corrected chi connectivity index (χ0v) is 18.2. The molecule has 3 atom stereocenters. The van der Waals surface area contributed by atoms with E-state index >= 15 is 0 Å². The lowest BCUT2D eigenvalue weighted by Gasteiger charge is -2.42. The predicted molar refractivity (Wildman–Crippen MR) is 95.6 cm³/mol. The first-order valence-electron chi connectivity index (χ1n) is 10.1. The molecule has 0 radical (unpaired) electrons. The van der Waals surface area contributed by atoms with Crippen LogP contribution in [-0.4, -0.2) is 65.6 Å². The Morgan fingerprint density at radius 3 is 1.65 bits per heavy atom. The van der Waals surface area contributed by atoms with Crippen LogP contribution in [-0.2, 0) is 0 Å². The number of halogens is 13. The van der Waals surface area contributed by atoms with Gasteiger partial charge in [-0.1, -0.05) is 13.3 Å². The average molecular weight is 534 g/mol. The quantitative estimate of drug-likeness (QED) is 0.235. The summed E-state index contributed by atoms with van der Waals surface area (Å²) in [6.07, 6.45) is -13.7. The Morgan fingerprint density at radius 1 is 0.735 bits per heavy atom. The van der Waals surface area contributed by atoms with Crippen LogP contribution in [0.15, 0.2) is 0 Å². The molecular formula is C18H27F13N2O. The monoisotopic (exact) mass is 534 g/mol. The molecule has 3 nitrogen and oxygen atoms in total. The molecule has 0 aliphatic carbocycles. The fourth-order valence-electron chi connectivity index (χ4n) is 2.96. The van der Waals surface area contributed by atoms with Gasteiger partial charge >= 0.3 is 35.7 Å². The van der Waals surface area contributed by atoms with Crippen LogP contribution in [0.1, 0.15) is 52.4 Å². The summed E-state index contributed by atoms with van der Waals surface area (Å²) in [4.78, 5) is 0. The van der Waals surface area contributed by atoms with Gasteiger partial charge in [0.1, 0.15) is 0 Å². The second-order valence-electron chi connectivity index (χ2n) is 8.15. The van der Waals surface area contributed by atoms with Crippen molar-refractivity contribution in [3.63, 3.8) is 0 Å². The maximum atomic E-state index is 14.6. The first-order chi connectivity index (χ1) is 14.9. The van der Waals surface area contributed by atoms with Crippen molar-refractivity contribution in [1.82, 2.24) is 5.32 Å². The van der Waals surface area contributed by atoms with Crippen molar-refractivity contribution in [3.8, 4) is 0 Å². The van der Waals surface area contributed by atoms with Gasteiger partial charge in [0.2, 0.25) is 0 Å². The molecule has 0 rings (SSSR count). The average Bonchev–Trinajstić information content (AvgIpc) is 2.67. The minimum atomic E-state index is -7.13. The summed E-state index contributed by atoms with van der Waals surface area (Å²) in [6.45, 7) is 1.60. The molecule has 0 saturated carbocycles. The summed E-state index contributed by atoms with van der Waals surface area (Å²) in [5.74, 6) is -32.6. The van der Waals surface area contributed by atoms with E-state index in [1.165, 1.54) is 0 Å². The second-order valence-corrected chi connectivity index (χ2v) is 8.15. The SMILES string of the molecule is CCCC(CCC(C)(F)C(F)(F)C(F)(F)C(F)(F)C(F)(F)CCC(O)(F)C(F)(F)F)NCCN. The van der Waals surface area contributed by atoms with Gasteiger partial charge in [-0.05, 0) is 26.2 Å². The minimum Gasteiger partial charge on any atom is -0.355 e. The van der Waals surface area contributed by atoms with E-state index in [4.69, 9.17) is 10.8 Å². The Morgan fingerprint density at radius 2 is 1.24 bits per heavy atom. The molecule has 0 aliphatic rings. The fraction of sp³-hybridized carbons (Fsp3) is 1.00. The summed E-state index contributed by atoms with van der Waals surface area (Å²) in [5, 5.41) is 11.1. The zero-order valence-electron chi connectivity index (χ0n) is 18.2. The van der Waals surface area contributed by atoms with Crippen molar-refractivity contribution in [1.29, 1.82) is 0 Å². The highest BCUT2D eigenvalue weighted by atomic mass is 19.4. The Bertz CT molecular complexity index is 636. The maximum Gasteiger partial charge on any atom is 0.448 e. The molecule has 0 fully saturated rings. The lowest BCUT2D eigenvalue weighted by molar-refractivity contribution is -0.390. The minimum absolute atomic E-state index is 0.0605. The van der Waals surface area contributed by atoms with Crippen LogP contribution in [0.5, 0.6) is 0 Å². The van der Waals surface area contributed by atoms with Gasteiger partial charge in [0.15, 0.2) is 5.67 Å². The molecule has 16 heteroatoms. The van der Waals surface area contributed by atoms with E-state index in [-0.39, 0.29) is 26.4 Å². The third kappa shape index (κ3) is 6.80. The largest absolute Gasteiger partial charge is 0.448 e. The van der Waals surface area contributed by atoms with Crippen LogP contribution in [0, 0.1) is 0 Å². The molecule has 0 aromatic carbocycles. The van der Waals surface area contributed by atoms with E-state index in [9.17, 15) is 57.1 Å². The van der Waals surface area contributed by atoms with Gasteiger partial charge in [0, 0.05) is 32.0 Å². The highest BCUT2D eigenvalue weighted by Crippen LogP contribution is 2.58. The van der Waals surface area contributed by atoms with Crippen molar-refractivity contribution >= 4 is 0 Å². The van der Waals surface area contributed by atoms with Crippen LogP contribution in [0.3, 0.4) is 0 Å². The van der Waals surface area contributed by atoms with E-state index in [1.807, 2.05) is 0 Å². The standard InChI is InChI=1S/C18H27F13N2O/c1-3-4-11(33-10-9-32)5-6-12(2,19)15(23,24)17(27,28)16(25,26)13(20,21)7-8-14(22,34)18(29,30)31/h11,33-34H,3-10,32H2,1-2H3. The van der Waals surface area contributed by atoms with Crippen LogP contribution >= 0.6 is 0 Å². The van der Waals surface area contributed by atoms with Gasteiger partial charge in [-0.2, -0.15) is 48.3 Å². The molecule has 0 amide bonds. The van der Waals surface area contributed by atoms with Crippen LogP contribution in [0.25, 0.3) is 0 Å². The Balaban J connectivity index is 5.82. The van der Waals surface area contributed by atoms with E-state index in [0.717, 1.165) is 0 Å². The predicted octanol–water partition coefficient (Wildman–Crippen LogP) is 5.75. The zero-order chi connectivity index (χ0) is 27.4. The molecule has 4 N–H and O–H groups in total. The molecule has 206 valence electrons. The summed E-state index contributed by atoms with van der Waals surface area (Å²) in [7, 11) is 0. The van der Waals surface area contributed by atoms with Gasteiger partial charge in [-0.25, -0.2) is 8.78 Å². The van der Waals surface area contributed by atoms with Crippen molar-refractivity contribution in [3.05, 3.63) is 0 Å². The molecular weight excluding hydrogens is 507 g/mol. The number of hydrogen-bond donors (Lipinski definition) is 3. The number of aliphatic hydroxyl groups is 1. The summed E-state index contributed by atoms with van der Waals surface area (Å²) < 4.78 is 176. The number of nitrogens with one attached hydrogen (secondary N) is 1. The summed E-state index contributed by atoms with van der Waals surface area (Å²) >= 11 is 0. The molecule has 0 saturated heterocycles. The van der Waals surface area contributed by atoms with E-state index in [1.54, 1.807) is 6.92 Å².